The Bertz CT molecular complexity index is 387. The fraction of sp³-hybridized carbons (Fsp3) is 0.750. The highest BCUT2D eigenvalue weighted by Gasteiger charge is 2.25. The SMILES string of the molecule is CCC(C)S(=O)(=O)N(C)Cc1ncon1. The van der Waals surface area contributed by atoms with Crippen molar-refractivity contribution in [3.05, 3.63) is 12.2 Å². The molecule has 0 aliphatic heterocycles. The second-order valence-electron chi connectivity index (χ2n) is 3.37. The average molecular weight is 233 g/mol. The summed E-state index contributed by atoms with van der Waals surface area (Å²) in [5, 5.41) is 3.17. The van der Waals surface area contributed by atoms with Crippen LogP contribution in [0.25, 0.3) is 0 Å². The van der Waals surface area contributed by atoms with Gasteiger partial charge in [-0.2, -0.15) is 9.29 Å². The average Bonchev–Trinajstić information content (AvgIpc) is 2.68. The zero-order valence-electron chi connectivity index (χ0n) is 9.04. The van der Waals surface area contributed by atoms with E-state index in [9.17, 15) is 8.42 Å². The zero-order valence-corrected chi connectivity index (χ0v) is 9.86. The Morgan fingerprint density at radius 1 is 1.60 bits per heavy atom. The van der Waals surface area contributed by atoms with E-state index in [4.69, 9.17) is 0 Å². The van der Waals surface area contributed by atoms with Crippen LogP contribution in [-0.4, -0.2) is 35.2 Å². The van der Waals surface area contributed by atoms with Crippen LogP contribution in [0.3, 0.4) is 0 Å². The predicted molar refractivity (Wildman–Crippen MR) is 54.4 cm³/mol. The minimum atomic E-state index is -3.25. The molecule has 0 aliphatic rings. The summed E-state index contributed by atoms with van der Waals surface area (Å²) in [6, 6.07) is 0. The standard InChI is InChI=1S/C8H15N3O3S/c1-4-7(2)15(12,13)11(3)5-8-9-6-14-10-8/h6-7H,4-5H2,1-3H3. The minimum absolute atomic E-state index is 0.142. The highest BCUT2D eigenvalue weighted by molar-refractivity contribution is 7.89. The van der Waals surface area contributed by atoms with Gasteiger partial charge in [0.05, 0.1) is 11.8 Å². The van der Waals surface area contributed by atoms with E-state index in [1.165, 1.54) is 17.7 Å². The van der Waals surface area contributed by atoms with Crippen LogP contribution in [0, 0.1) is 0 Å². The summed E-state index contributed by atoms with van der Waals surface area (Å²) < 4.78 is 29.4. The predicted octanol–water partition coefficient (Wildman–Crippen LogP) is 0.630. The van der Waals surface area contributed by atoms with Gasteiger partial charge in [0, 0.05) is 7.05 Å². The van der Waals surface area contributed by atoms with E-state index in [1.54, 1.807) is 6.92 Å². The van der Waals surface area contributed by atoms with E-state index in [-0.39, 0.29) is 6.54 Å². The quantitative estimate of drug-likeness (QED) is 0.745. The van der Waals surface area contributed by atoms with Gasteiger partial charge in [-0.3, -0.25) is 0 Å². The monoisotopic (exact) mass is 233 g/mol. The smallest absolute Gasteiger partial charge is 0.216 e. The Morgan fingerprint density at radius 3 is 2.73 bits per heavy atom. The van der Waals surface area contributed by atoms with E-state index in [1.807, 2.05) is 6.92 Å². The summed E-state index contributed by atoms with van der Waals surface area (Å²) in [5.74, 6) is 0.365. The lowest BCUT2D eigenvalue weighted by molar-refractivity contribution is 0.392. The summed E-state index contributed by atoms with van der Waals surface area (Å²) in [5.41, 5.74) is 0. The van der Waals surface area contributed by atoms with E-state index in [0.29, 0.717) is 12.2 Å². The molecule has 0 radical (unpaired) electrons. The highest BCUT2D eigenvalue weighted by atomic mass is 32.2. The van der Waals surface area contributed by atoms with Gasteiger partial charge in [-0.25, -0.2) is 8.42 Å². The van der Waals surface area contributed by atoms with Gasteiger partial charge >= 0.3 is 0 Å². The van der Waals surface area contributed by atoms with Crippen LogP contribution in [0.15, 0.2) is 10.9 Å². The molecule has 0 amide bonds. The van der Waals surface area contributed by atoms with Crippen molar-refractivity contribution in [2.75, 3.05) is 7.05 Å². The Morgan fingerprint density at radius 2 is 2.27 bits per heavy atom. The Hall–Kier alpha value is -0.950. The Labute approximate surface area is 89.3 Å². The first-order valence-corrected chi connectivity index (χ1v) is 6.19. The van der Waals surface area contributed by atoms with Gasteiger partial charge in [0.2, 0.25) is 16.4 Å². The van der Waals surface area contributed by atoms with Crippen LogP contribution in [0.5, 0.6) is 0 Å². The third-order valence-electron chi connectivity index (χ3n) is 2.29. The van der Waals surface area contributed by atoms with Crippen molar-refractivity contribution >= 4 is 10.0 Å². The van der Waals surface area contributed by atoms with Crippen LogP contribution in [0.4, 0.5) is 0 Å². The van der Waals surface area contributed by atoms with Crippen molar-refractivity contribution in [2.45, 2.75) is 32.1 Å². The summed E-state index contributed by atoms with van der Waals surface area (Å²) in [4.78, 5) is 3.77. The van der Waals surface area contributed by atoms with E-state index < -0.39 is 15.3 Å². The molecule has 6 nitrogen and oxygen atoms in total. The molecule has 0 bridgehead atoms. The van der Waals surface area contributed by atoms with Crippen molar-refractivity contribution in [3.8, 4) is 0 Å². The first-order chi connectivity index (χ1) is 6.98. The van der Waals surface area contributed by atoms with Gasteiger partial charge in [-0.05, 0) is 13.3 Å². The maximum atomic E-state index is 11.8. The molecular formula is C8H15N3O3S. The molecule has 0 aliphatic carbocycles. The van der Waals surface area contributed by atoms with Crippen molar-refractivity contribution in [3.63, 3.8) is 0 Å². The van der Waals surface area contributed by atoms with E-state index >= 15 is 0 Å². The second kappa shape index (κ2) is 4.71. The largest absolute Gasteiger partial charge is 0.343 e. The lowest BCUT2D eigenvalue weighted by Gasteiger charge is -2.19. The van der Waals surface area contributed by atoms with Crippen molar-refractivity contribution in [1.82, 2.24) is 14.4 Å². The molecule has 0 saturated heterocycles. The van der Waals surface area contributed by atoms with Crippen LogP contribution in [0.1, 0.15) is 26.1 Å². The number of rotatable bonds is 5. The molecule has 0 saturated carbocycles. The van der Waals surface area contributed by atoms with Crippen molar-refractivity contribution in [2.24, 2.45) is 0 Å². The van der Waals surface area contributed by atoms with Gasteiger partial charge < -0.3 is 4.52 Å². The Balaban J connectivity index is 2.72. The lowest BCUT2D eigenvalue weighted by Crippen LogP contribution is -2.34. The van der Waals surface area contributed by atoms with Gasteiger partial charge in [0.25, 0.3) is 0 Å². The van der Waals surface area contributed by atoms with Crippen LogP contribution >= 0.6 is 0 Å². The maximum absolute atomic E-state index is 11.8. The van der Waals surface area contributed by atoms with Gasteiger partial charge in [-0.15, -0.1) is 0 Å². The molecule has 15 heavy (non-hydrogen) atoms. The topological polar surface area (TPSA) is 76.3 Å². The molecule has 0 spiro atoms. The highest BCUT2D eigenvalue weighted by Crippen LogP contribution is 2.11. The van der Waals surface area contributed by atoms with E-state index in [2.05, 4.69) is 14.7 Å². The number of hydrogen-bond acceptors (Lipinski definition) is 5. The summed E-state index contributed by atoms with van der Waals surface area (Å²) >= 11 is 0. The minimum Gasteiger partial charge on any atom is -0.343 e. The number of hydrogen-bond donors (Lipinski definition) is 0. The van der Waals surface area contributed by atoms with Crippen LogP contribution < -0.4 is 0 Å². The Kier molecular flexibility index (Phi) is 3.81. The summed E-state index contributed by atoms with van der Waals surface area (Å²) in [6.07, 6.45) is 1.76. The molecular weight excluding hydrogens is 218 g/mol. The van der Waals surface area contributed by atoms with Crippen LogP contribution in [-0.2, 0) is 16.6 Å². The molecule has 7 heteroatoms. The molecule has 1 atom stereocenters. The zero-order chi connectivity index (χ0) is 11.5. The summed E-state index contributed by atoms with van der Waals surface area (Å²) in [7, 11) is -1.74. The molecule has 1 unspecified atom stereocenters. The molecule has 1 aromatic heterocycles. The van der Waals surface area contributed by atoms with Gasteiger partial charge in [0.1, 0.15) is 0 Å². The number of nitrogens with zero attached hydrogens (tertiary/aromatic N) is 3. The molecule has 0 fully saturated rings. The molecule has 86 valence electrons. The third kappa shape index (κ3) is 2.75. The number of aromatic nitrogens is 2. The molecule has 0 aromatic carbocycles. The second-order valence-corrected chi connectivity index (χ2v) is 5.83. The van der Waals surface area contributed by atoms with Crippen LogP contribution in [0.2, 0.25) is 0 Å². The molecule has 0 N–H and O–H groups in total. The molecule has 1 aromatic rings. The first kappa shape index (κ1) is 12.1. The van der Waals surface area contributed by atoms with Gasteiger partial charge in [0.15, 0.2) is 5.82 Å². The first-order valence-electron chi connectivity index (χ1n) is 4.68. The summed E-state index contributed by atoms with van der Waals surface area (Å²) in [6.45, 7) is 3.66. The van der Waals surface area contributed by atoms with E-state index in [0.717, 1.165) is 0 Å². The maximum Gasteiger partial charge on any atom is 0.216 e. The number of sulfonamides is 1. The lowest BCUT2D eigenvalue weighted by atomic mass is 10.4. The third-order valence-corrected chi connectivity index (χ3v) is 4.64. The van der Waals surface area contributed by atoms with Crippen molar-refractivity contribution in [1.29, 1.82) is 0 Å². The molecule has 1 heterocycles. The fourth-order valence-electron chi connectivity index (χ4n) is 1.07. The fourth-order valence-corrected chi connectivity index (χ4v) is 2.40. The van der Waals surface area contributed by atoms with Gasteiger partial charge in [-0.1, -0.05) is 12.1 Å². The van der Waals surface area contributed by atoms with Crippen molar-refractivity contribution < 1.29 is 12.9 Å². The normalized spacial score (nSPS) is 14.4. The molecule has 1 rings (SSSR count).